The average Bonchev–Trinajstić information content (AvgIpc) is 3.55. The maximum absolute atomic E-state index is 15.3. The highest BCUT2D eigenvalue weighted by Crippen LogP contribution is 2.41. The average molecular weight is 606 g/mol. The summed E-state index contributed by atoms with van der Waals surface area (Å²) in [5.41, 5.74) is -3.14. The predicted octanol–water partition coefficient (Wildman–Crippen LogP) is 4.79. The normalized spacial score (nSPS) is 11.6. The van der Waals surface area contributed by atoms with Crippen LogP contribution in [0.2, 0.25) is 0 Å². The minimum absolute atomic E-state index is 0.0597. The van der Waals surface area contributed by atoms with E-state index in [1.807, 2.05) is 0 Å². The highest BCUT2D eigenvalue weighted by atomic mass is 19.4. The van der Waals surface area contributed by atoms with Gasteiger partial charge in [-0.3, -0.25) is 13.9 Å². The van der Waals surface area contributed by atoms with Gasteiger partial charge in [0.05, 0.1) is 29.4 Å². The van der Waals surface area contributed by atoms with Crippen LogP contribution in [-0.2, 0) is 31.2 Å². The van der Waals surface area contributed by atoms with Gasteiger partial charge in [-0.2, -0.15) is 13.2 Å². The molecule has 2 aromatic heterocycles. The summed E-state index contributed by atoms with van der Waals surface area (Å²) in [4.78, 5) is 28.6. The number of H-pyrrole nitrogens is 1. The number of carbonyl (C=O) groups excluding carboxylic acids is 1. The molecule has 5 rings (SSSR count). The van der Waals surface area contributed by atoms with Gasteiger partial charge in [0.2, 0.25) is 5.91 Å². The van der Waals surface area contributed by atoms with Crippen molar-refractivity contribution in [3.05, 3.63) is 88.1 Å². The number of benzene rings is 3. The van der Waals surface area contributed by atoms with Gasteiger partial charge in [0.15, 0.2) is 23.1 Å². The number of carbonyl (C=O) groups is 1. The Labute approximate surface area is 237 Å². The minimum Gasteiger partial charge on any atom is -0.493 e. The number of fused-ring (bicyclic) bond motifs is 1. The van der Waals surface area contributed by atoms with Gasteiger partial charge < -0.3 is 19.8 Å². The number of aromatic amines is 1. The highest BCUT2D eigenvalue weighted by molar-refractivity contribution is 5.96. The fourth-order valence-corrected chi connectivity index (χ4v) is 4.48. The zero-order valence-corrected chi connectivity index (χ0v) is 22.2. The monoisotopic (exact) mass is 606 g/mol. The van der Waals surface area contributed by atoms with Gasteiger partial charge in [-0.05, 0) is 42.0 Å². The van der Waals surface area contributed by atoms with E-state index in [2.05, 4.69) is 20.5 Å². The lowest BCUT2D eigenvalue weighted by atomic mass is 9.99. The summed E-state index contributed by atoms with van der Waals surface area (Å²) in [5.74, 6) is -4.18. The molecule has 16 heteroatoms. The molecule has 1 amide bonds. The van der Waals surface area contributed by atoms with E-state index in [4.69, 9.17) is 9.47 Å². The van der Waals surface area contributed by atoms with Crippen molar-refractivity contribution >= 4 is 22.6 Å². The first kappa shape index (κ1) is 29.2. The van der Waals surface area contributed by atoms with E-state index >= 15 is 4.39 Å². The number of alkyl halides is 3. The summed E-state index contributed by atoms with van der Waals surface area (Å²) in [6.45, 7) is -1.04. The molecule has 0 bridgehead atoms. The van der Waals surface area contributed by atoms with Crippen molar-refractivity contribution in [2.45, 2.75) is 19.3 Å². The molecule has 0 saturated heterocycles. The molecule has 2 heterocycles. The second-order valence-electron chi connectivity index (χ2n) is 9.20. The Morgan fingerprint density at radius 1 is 1.07 bits per heavy atom. The molecule has 43 heavy (non-hydrogen) atoms. The molecule has 224 valence electrons. The van der Waals surface area contributed by atoms with Crippen molar-refractivity contribution in [2.24, 2.45) is 7.05 Å². The molecule has 0 saturated carbocycles. The molecule has 0 aliphatic rings. The number of nitrogens with one attached hydrogen (secondary N) is 2. The maximum Gasteiger partial charge on any atom is 0.416 e. The van der Waals surface area contributed by atoms with E-state index in [1.54, 1.807) is 0 Å². The Kier molecular flexibility index (Phi) is 7.60. The number of nitrogens with zero attached hydrogens (tertiary/aromatic N) is 4. The van der Waals surface area contributed by atoms with Crippen molar-refractivity contribution in [2.75, 3.05) is 12.4 Å². The van der Waals surface area contributed by atoms with Crippen molar-refractivity contribution in [1.29, 1.82) is 0 Å². The number of hydrogen-bond acceptors (Lipinski definition) is 6. The first-order chi connectivity index (χ1) is 20.4. The second kappa shape index (κ2) is 11.2. The van der Waals surface area contributed by atoms with Crippen molar-refractivity contribution < 1.29 is 40.6 Å². The maximum atomic E-state index is 15.3. The van der Waals surface area contributed by atoms with Gasteiger partial charge in [0.25, 0.3) is 0 Å². The highest BCUT2D eigenvalue weighted by Gasteiger charge is 2.33. The number of aromatic nitrogens is 5. The first-order valence-corrected chi connectivity index (χ1v) is 12.3. The molecule has 0 aliphatic carbocycles. The fraction of sp³-hybridized carbons (Fsp3) is 0.185. The lowest BCUT2D eigenvalue weighted by molar-refractivity contribution is -0.137. The number of aryl methyl sites for hydroxylation is 1. The van der Waals surface area contributed by atoms with Crippen LogP contribution in [0, 0.1) is 17.5 Å². The number of imidazole rings is 1. The van der Waals surface area contributed by atoms with Crippen molar-refractivity contribution in [1.82, 2.24) is 24.3 Å². The van der Waals surface area contributed by atoms with Gasteiger partial charge in [-0.25, -0.2) is 18.0 Å². The van der Waals surface area contributed by atoms with Gasteiger partial charge in [-0.1, -0.05) is 0 Å². The van der Waals surface area contributed by atoms with E-state index in [0.717, 1.165) is 33.4 Å². The van der Waals surface area contributed by atoms with Crippen LogP contribution in [0.25, 0.3) is 22.2 Å². The van der Waals surface area contributed by atoms with E-state index < -0.39 is 53.0 Å². The number of hydrogen-bond donors (Lipinski definition) is 2. The van der Waals surface area contributed by atoms with Crippen LogP contribution in [0.5, 0.6) is 11.5 Å². The quantitative estimate of drug-likeness (QED) is 0.246. The number of rotatable bonds is 8. The van der Waals surface area contributed by atoms with Crippen LogP contribution in [0.1, 0.15) is 11.4 Å². The van der Waals surface area contributed by atoms with Crippen LogP contribution in [0.3, 0.4) is 0 Å². The lowest BCUT2D eigenvalue weighted by Gasteiger charge is -2.15. The summed E-state index contributed by atoms with van der Waals surface area (Å²) < 4.78 is 97.1. The second-order valence-corrected chi connectivity index (χ2v) is 9.20. The summed E-state index contributed by atoms with van der Waals surface area (Å²) >= 11 is 0. The summed E-state index contributed by atoms with van der Waals surface area (Å²) in [6.07, 6.45) is -3.61. The number of ether oxygens (including phenoxy) is 2. The largest absolute Gasteiger partial charge is 0.493 e. The molecule has 0 radical (unpaired) electrons. The SMILES string of the molecule is COc1cc(-c2cc(C(F)(F)F)cc3c2n(C)c(=O)n3CC(=O)Nc2ccc(F)cc2F)cc(F)c1OCc1nnc[nH]1. The third-order valence-corrected chi connectivity index (χ3v) is 6.43. The molecule has 0 atom stereocenters. The molecule has 0 unspecified atom stereocenters. The molecule has 0 spiro atoms. The lowest BCUT2D eigenvalue weighted by Crippen LogP contribution is -2.28. The van der Waals surface area contributed by atoms with Gasteiger partial charge in [0.1, 0.15) is 31.1 Å². The molecule has 3 aromatic carbocycles. The Balaban J connectivity index is 1.61. The van der Waals surface area contributed by atoms with Crippen molar-refractivity contribution in [3.63, 3.8) is 0 Å². The molecular weight excluding hydrogens is 586 g/mol. The van der Waals surface area contributed by atoms with Gasteiger partial charge in [-0.15, -0.1) is 10.2 Å². The third-order valence-electron chi connectivity index (χ3n) is 6.43. The molecule has 0 fully saturated rings. The number of methoxy groups -OCH3 is 1. The zero-order valence-electron chi connectivity index (χ0n) is 22.2. The van der Waals surface area contributed by atoms with E-state index in [9.17, 15) is 31.5 Å². The van der Waals surface area contributed by atoms with E-state index in [-0.39, 0.29) is 46.1 Å². The predicted molar refractivity (Wildman–Crippen MR) is 140 cm³/mol. The van der Waals surface area contributed by atoms with Crippen molar-refractivity contribution in [3.8, 4) is 22.6 Å². The topological polar surface area (TPSA) is 116 Å². The van der Waals surface area contributed by atoms with Crippen LogP contribution in [0.15, 0.2) is 53.6 Å². The molecule has 2 N–H and O–H groups in total. The zero-order chi connectivity index (χ0) is 31.1. The smallest absolute Gasteiger partial charge is 0.416 e. The molecule has 10 nitrogen and oxygen atoms in total. The Hall–Kier alpha value is -5.28. The first-order valence-electron chi connectivity index (χ1n) is 12.3. The summed E-state index contributed by atoms with van der Waals surface area (Å²) in [7, 11) is 2.47. The molecule has 5 aromatic rings. The minimum atomic E-state index is -4.90. The summed E-state index contributed by atoms with van der Waals surface area (Å²) in [6, 6.07) is 5.94. The Bertz CT molecular complexity index is 1900. The van der Waals surface area contributed by atoms with Gasteiger partial charge >= 0.3 is 11.9 Å². The van der Waals surface area contributed by atoms with E-state index in [1.165, 1.54) is 26.6 Å². The Morgan fingerprint density at radius 2 is 1.84 bits per heavy atom. The Morgan fingerprint density at radius 3 is 2.49 bits per heavy atom. The van der Waals surface area contributed by atoms with E-state index in [0.29, 0.717) is 12.1 Å². The number of halogens is 6. The summed E-state index contributed by atoms with van der Waals surface area (Å²) in [5, 5.41) is 9.48. The molecular formula is C27H20F6N6O4. The third kappa shape index (κ3) is 5.75. The number of anilines is 1. The number of amides is 1. The standard InChI is InChI=1S/C27H20F6N6O4/c1-38-24-16(13-5-18(30)25(21(6-13)42-2)43-11-22-34-12-35-37-22)7-14(27(31,32)33)8-20(24)39(26(38)41)10-23(40)36-19-4-3-15(28)9-17(19)29/h3-9,12H,10-11H2,1-2H3,(H,36,40)(H,34,35,37). The van der Waals surface area contributed by atoms with Crippen LogP contribution < -0.4 is 20.5 Å². The van der Waals surface area contributed by atoms with Gasteiger partial charge in [0, 0.05) is 18.7 Å². The van der Waals surface area contributed by atoms with Crippen LogP contribution >= 0.6 is 0 Å². The van der Waals surface area contributed by atoms with Crippen LogP contribution in [-0.4, -0.2) is 37.3 Å². The van der Waals surface area contributed by atoms with Crippen LogP contribution in [0.4, 0.5) is 32.0 Å². The molecule has 0 aliphatic heterocycles. The fourth-order valence-electron chi connectivity index (χ4n) is 4.48.